The Balaban J connectivity index is 2.01. The Morgan fingerprint density at radius 3 is 2.26 bits per heavy atom. The summed E-state index contributed by atoms with van der Waals surface area (Å²) < 4.78 is 0.962. The average Bonchev–Trinajstić information content (AvgIpc) is 2.37. The summed E-state index contributed by atoms with van der Waals surface area (Å²) in [7, 11) is 0. The summed E-state index contributed by atoms with van der Waals surface area (Å²) in [5.74, 6) is 0. The normalized spacial score (nSPS) is 10.1. The number of urea groups is 1. The molecule has 0 aliphatic rings. The summed E-state index contributed by atoms with van der Waals surface area (Å²) in [6.45, 7) is 1.91. The first-order valence-electron chi connectivity index (χ1n) is 5.64. The maximum atomic E-state index is 11.8. The number of carbonyl (C=O) groups is 1. The first-order chi connectivity index (χ1) is 9.04. The van der Waals surface area contributed by atoms with E-state index in [-0.39, 0.29) is 6.03 Å². The molecule has 2 aromatic carbocycles. The number of amides is 2. The van der Waals surface area contributed by atoms with Crippen molar-refractivity contribution < 1.29 is 4.79 Å². The molecule has 3 nitrogen and oxygen atoms in total. The van der Waals surface area contributed by atoms with Crippen LogP contribution in [0, 0.1) is 6.92 Å². The molecular formula is C14H12BrClN2O. The first-order valence-corrected chi connectivity index (χ1v) is 6.81. The third-order valence-corrected chi connectivity index (χ3v) is 3.47. The van der Waals surface area contributed by atoms with Crippen molar-refractivity contribution in [2.45, 2.75) is 6.92 Å². The van der Waals surface area contributed by atoms with Gasteiger partial charge >= 0.3 is 6.03 Å². The minimum atomic E-state index is -0.303. The molecule has 2 N–H and O–H groups in total. The number of nitrogens with one attached hydrogen (secondary N) is 2. The average molecular weight is 340 g/mol. The maximum absolute atomic E-state index is 11.8. The number of halogens is 2. The lowest BCUT2D eigenvalue weighted by Crippen LogP contribution is -2.19. The van der Waals surface area contributed by atoms with E-state index in [1.165, 1.54) is 0 Å². The molecule has 0 fully saturated rings. The fraction of sp³-hybridized carbons (Fsp3) is 0.0714. The van der Waals surface area contributed by atoms with Gasteiger partial charge in [0.1, 0.15) is 0 Å². The molecule has 0 aromatic heterocycles. The van der Waals surface area contributed by atoms with Crippen molar-refractivity contribution in [1.29, 1.82) is 0 Å². The molecule has 0 heterocycles. The third-order valence-electron chi connectivity index (χ3n) is 2.53. The van der Waals surface area contributed by atoms with Gasteiger partial charge in [-0.3, -0.25) is 0 Å². The Hall–Kier alpha value is -1.52. The van der Waals surface area contributed by atoms with Gasteiger partial charge in [-0.2, -0.15) is 0 Å². The van der Waals surface area contributed by atoms with Gasteiger partial charge in [0.15, 0.2) is 0 Å². The van der Waals surface area contributed by atoms with Gasteiger partial charge in [-0.1, -0.05) is 33.6 Å². The van der Waals surface area contributed by atoms with Gasteiger partial charge in [0.2, 0.25) is 0 Å². The van der Waals surface area contributed by atoms with Crippen LogP contribution in [0.3, 0.4) is 0 Å². The molecule has 19 heavy (non-hydrogen) atoms. The second-order valence-corrected chi connectivity index (χ2v) is 5.37. The summed E-state index contributed by atoms with van der Waals surface area (Å²) >= 11 is 9.34. The number of anilines is 2. The topological polar surface area (TPSA) is 41.1 Å². The molecule has 2 amide bonds. The lowest BCUT2D eigenvalue weighted by molar-refractivity contribution is 0.262. The quantitative estimate of drug-likeness (QED) is 0.789. The Kier molecular flexibility index (Phi) is 4.45. The molecule has 0 atom stereocenters. The SMILES string of the molecule is Cc1ccc(NC(=O)Nc2ccc(Br)cc2)cc1Cl. The largest absolute Gasteiger partial charge is 0.323 e. The molecule has 0 saturated heterocycles. The smallest absolute Gasteiger partial charge is 0.308 e. The van der Waals surface area contributed by atoms with E-state index < -0.39 is 0 Å². The van der Waals surface area contributed by atoms with E-state index in [1.807, 2.05) is 43.3 Å². The Labute approximate surface area is 125 Å². The second kappa shape index (κ2) is 6.08. The van der Waals surface area contributed by atoms with E-state index in [9.17, 15) is 4.79 Å². The summed E-state index contributed by atoms with van der Waals surface area (Å²) in [5.41, 5.74) is 2.35. The monoisotopic (exact) mass is 338 g/mol. The first kappa shape index (κ1) is 13.9. The zero-order valence-corrected chi connectivity index (χ0v) is 12.5. The van der Waals surface area contributed by atoms with E-state index in [0.717, 1.165) is 15.7 Å². The van der Waals surface area contributed by atoms with Crippen LogP contribution in [-0.4, -0.2) is 6.03 Å². The van der Waals surface area contributed by atoms with Crippen molar-refractivity contribution >= 4 is 44.9 Å². The minimum Gasteiger partial charge on any atom is -0.308 e. The molecule has 0 radical (unpaired) electrons. The van der Waals surface area contributed by atoms with Crippen molar-refractivity contribution in [3.8, 4) is 0 Å². The van der Waals surface area contributed by atoms with Crippen LogP contribution in [0.1, 0.15) is 5.56 Å². The lowest BCUT2D eigenvalue weighted by Gasteiger charge is -2.08. The van der Waals surface area contributed by atoms with Gasteiger partial charge in [-0.25, -0.2) is 4.79 Å². The third kappa shape index (κ3) is 3.98. The molecule has 2 aromatic rings. The highest BCUT2D eigenvalue weighted by Gasteiger charge is 2.04. The van der Waals surface area contributed by atoms with Gasteiger partial charge < -0.3 is 10.6 Å². The summed E-state index contributed by atoms with van der Waals surface area (Å²) in [6.07, 6.45) is 0. The predicted molar refractivity (Wildman–Crippen MR) is 83.0 cm³/mol. The van der Waals surface area contributed by atoms with E-state index >= 15 is 0 Å². The summed E-state index contributed by atoms with van der Waals surface area (Å²) in [5, 5.41) is 6.09. The maximum Gasteiger partial charge on any atom is 0.323 e. The predicted octanol–water partition coefficient (Wildman–Crippen LogP) is 5.05. The number of carbonyl (C=O) groups excluding carboxylic acids is 1. The fourth-order valence-electron chi connectivity index (χ4n) is 1.50. The lowest BCUT2D eigenvalue weighted by atomic mass is 10.2. The fourth-order valence-corrected chi connectivity index (χ4v) is 1.94. The molecule has 0 spiro atoms. The summed E-state index contributed by atoms with van der Waals surface area (Å²) in [6, 6.07) is 12.4. The van der Waals surface area contributed by atoms with Crippen LogP contribution >= 0.6 is 27.5 Å². The van der Waals surface area contributed by atoms with Crippen LogP contribution in [0.15, 0.2) is 46.9 Å². The van der Waals surface area contributed by atoms with Crippen molar-refractivity contribution in [2.75, 3.05) is 10.6 Å². The number of hydrogen-bond acceptors (Lipinski definition) is 1. The molecule has 98 valence electrons. The molecule has 5 heteroatoms. The van der Waals surface area contributed by atoms with Crippen LogP contribution in [0.4, 0.5) is 16.2 Å². The Morgan fingerprint density at radius 1 is 1.05 bits per heavy atom. The molecule has 0 aliphatic carbocycles. The van der Waals surface area contributed by atoms with Gasteiger partial charge in [0, 0.05) is 20.9 Å². The van der Waals surface area contributed by atoms with Gasteiger partial charge in [-0.15, -0.1) is 0 Å². The van der Waals surface area contributed by atoms with Crippen molar-refractivity contribution in [2.24, 2.45) is 0 Å². The number of benzene rings is 2. The second-order valence-electron chi connectivity index (χ2n) is 4.05. The van der Waals surface area contributed by atoms with E-state index in [4.69, 9.17) is 11.6 Å². The molecule has 0 bridgehead atoms. The van der Waals surface area contributed by atoms with Crippen LogP contribution in [-0.2, 0) is 0 Å². The van der Waals surface area contributed by atoms with Gasteiger partial charge in [-0.05, 0) is 48.9 Å². The van der Waals surface area contributed by atoms with Crippen molar-refractivity contribution in [3.05, 3.63) is 57.5 Å². The number of hydrogen-bond donors (Lipinski definition) is 2. The zero-order valence-electron chi connectivity index (χ0n) is 10.2. The highest BCUT2D eigenvalue weighted by molar-refractivity contribution is 9.10. The Bertz CT molecular complexity index is 599. The van der Waals surface area contributed by atoms with E-state index in [0.29, 0.717) is 10.7 Å². The van der Waals surface area contributed by atoms with Gasteiger partial charge in [0.25, 0.3) is 0 Å². The van der Waals surface area contributed by atoms with Crippen LogP contribution < -0.4 is 10.6 Å². The van der Waals surface area contributed by atoms with Gasteiger partial charge in [0.05, 0.1) is 0 Å². The number of aryl methyl sites for hydroxylation is 1. The standard InChI is InChI=1S/C14H12BrClN2O/c1-9-2-5-12(8-13(9)16)18-14(19)17-11-6-3-10(15)4-7-11/h2-8H,1H3,(H2,17,18,19). The van der Waals surface area contributed by atoms with Crippen molar-refractivity contribution in [1.82, 2.24) is 0 Å². The molecule has 0 aliphatic heterocycles. The van der Waals surface area contributed by atoms with Crippen LogP contribution in [0.25, 0.3) is 0 Å². The molecule has 2 rings (SSSR count). The highest BCUT2D eigenvalue weighted by Crippen LogP contribution is 2.20. The highest BCUT2D eigenvalue weighted by atomic mass is 79.9. The zero-order chi connectivity index (χ0) is 13.8. The minimum absolute atomic E-state index is 0.303. The van der Waals surface area contributed by atoms with E-state index in [1.54, 1.807) is 6.07 Å². The van der Waals surface area contributed by atoms with Crippen molar-refractivity contribution in [3.63, 3.8) is 0 Å². The molecule has 0 unspecified atom stereocenters. The number of rotatable bonds is 2. The molecular weight excluding hydrogens is 328 g/mol. The van der Waals surface area contributed by atoms with Crippen LogP contribution in [0.5, 0.6) is 0 Å². The molecule has 0 saturated carbocycles. The van der Waals surface area contributed by atoms with E-state index in [2.05, 4.69) is 26.6 Å². The Morgan fingerprint density at radius 2 is 1.63 bits per heavy atom. The van der Waals surface area contributed by atoms with Crippen LogP contribution in [0.2, 0.25) is 5.02 Å². The summed E-state index contributed by atoms with van der Waals surface area (Å²) in [4.78, 5) is 11.8.